The van der Waals surface area contributed by atoms with Crippen LogP contribution in [0.15, 0.2) is 12.3 Å². The second-order valence-corrected chi connectivity index (χ2v) is 8.37. The molecule has 0 radical (unpaired) electrons. The highest BCUT2D eigenvalue weighted by Gasteiger charge is 2.42. The topological polar surface area (TPSA) is 95.5 Å². The van der Waals surface area contributed by atoms with Crippen LogP contribution in [0.25, 0.3) is 0 Å². The van der Waals surface area contributed by atoms with Gasteiger partial charge in [0.25, 0.3) is 0 Å². The SMILES string of the molecule is CNC(=O)[C@@H]1CN(S(C)(=O)=O)C[C@H]1c1ccnc(N2CCCC2)n1. The van der Waals surface area contributed by atoms with E-state index in [1.54, 1.807) is 19.3 Å². The fourth-order valence-corrected chi connectivity index (χ4v) is 4.29. The smallest absolute Gasteiger partial charge is 0.225 e. The molecular formula is C15H23N5O3S. The number of hydrogen-bond acceptors (Lipinski definition) is 6. The van der Waals surface area contributed by atoms with Gasteiger partial charge in [-0.1, -0.05) is 0 Å². The van der Waals surface area contributed by atoms with Crippen molar-refractivity contribution in [3.05, 3.63) is 18.0 Å². The Kier molecular flexibility index (Phi) is 4.73. The van der Waals surface area contributed by atoms with E-state index in [1.807, 2.05) is 0 Å². The maximum absolute atomic E-state index is 12.2. The zero-order chi connectivity index (χ0) is 17.3. The summed E-state index contributed by atoms with van der Waals surface area (Å²) in [6.07, 6.45) is 5.12. The van der Waals surface area contributed by atoms with Crippen LogP contribution in [0.2, 0.25) is 0 Å². The predicted octanol–water partition coefficient (Wildman–Crippen LogP) is -0.202. The average Bonchev–Trinajstić information content (AvgIpc) is 3.23. The molecule has 2 saturated heterocycles. The van der Waals surface area contributed by atoms with E-state index in [0.717, 1.165) is 31.6 Å². The van der Waals surface area contributed by atoms with Crippen molar-refractivity contribution in [3.8, 4) is 0 Å². The monoisotopic (exact) mass is 353 g/mol. The molecule has 0 unspecified atom stereocenters. The molecule has 1 N–H and O–H groups in total. The number of hydrogen-bond donors (Lipinski definition) is 1. The molecular weight excluding hydrogens is 330 g/mol. The summed E-state index contributed by atoms with van der Waals surface area (Å²) < 4.78 is 25.1. The quantitative estimate of drug-likeness (QED) is 0.805. The molecule has 1 amide bonds. The molecule has 0 aliphatic carbocycles. The molecule has 0 aromatic carbocycles. The Morgan fingerprint density at radius 2 is 2.00 bits per heavy atom. The number of carbonyl (C=O) groups is 1. The van der Waals surface area contributed by atoms with Gasteiger partial charge in [-0.05, 0) is 18.9 Å². The lowest BCUT2D eigenvalue weighted by Crippen LogP contribution is -2.33. The van der Waals surface area contributed by atoms with Gasteiger partial charge in [0, 0.05) is 45.3 Å². The molecule has 3 rings (SSSR count). The van der Waals surface area contributed by atoms with Crippen molar-refractivity contribution in [2.45, 2.75) is 18.8 Å². The third-order valence-corrected chi connectivity index (χ3v) is 6.01. The Morgan fingerprint density at radius 3 is 2.62 bits per heavy atom. The predicted molar refractivity (Wildman–Crippen MR) is 90.2 cm³/mol. The lowest BCUT2D eigenvalue weighted by molar-refractivity contribution is -0.124. The van der Waals surface area contributed by atoms with Gasteiger partial charge in [0.2, 0.25) is 21.9 Å². The Labute approximate surface area is 142 Å². The van der Waals surface area contributed by atoms with Crippen LogP contribution in [0.4, 0.5) is 5.95 Å². The molecule has 2 atom stereocenters. The fraction of sp³-hybridized carbons (Fsp3) is 0.667. The number of nitrogens with one attached hydrogen (secondary N) is 1. The van der Waals surface area contributed by atoms with E-state index in [9.17, 15) is 13.2 Å². The molecule has 2 fully saturated rings. The number of anilines is 1. The zero-order valence-corrected chi connectivity index (χ0v) is 14.8. The first-order chi connectivity index (χ1) is 11.4. The van der Waals surface area contributed by atoms with Gasteiger partial charge in [-0.25, -0.2) is 22.7 Å². The first-order valence-corrected chi connectivity index (χ1v) is 9.99. The number of nitrogens with zero attached hydrogens (tertiary/aromatic N) is 4. The molecule has 0 saturated carbocycles. The summed E-state index contributed by atoms with van der Waals surface area (Å²) in [5, 5.41) is 2.63. The van der Waals surface area contributed by atoms with E-state index in [0.29, 0.717) is 5.95 Å². The minimum atomic E-state index is -3.34. The van der Waals surface area contributed by atoms with Crippen LogP contribution in [-0.4, -0.2) is 68.1 Å². The van der Waals surface area contributed by atoms with E-state index in [1.165, 1.54) is 10.6 Å². The summed E-state index contributed by atoms with van der Waals surface area (Å²) in [6, 6.07) is 1.78. The van der Waals surface area contributed by atoms with E-state index >= 15 is 0 Å². The molecule has 1 aromatic heterocycles. The molecule has 0 spiro atoms. The summed E-state index contributed by atoms with van der Waals surface area (Å²) in [4.78, 5) is 23.3. The first kappa shape index (κ1) is 17.1. The molecule has 0 bridgehead atoms. The largest absolute Gasteiger partial charge is 0.359 e. The summed E-state index contributed by atoms with van der Waals surface area (Å²) in [5.74, 6) is -0.193. The molecule has 3 heterocycles. The van der Waals surface area contributed by atoms with Crippen molar-refractivity contribution in [2.24, 2.45) is 5.92 Å². The van der Waals surface area contributed by atoms with E-state index in [4.69, 9.17) is 0 Å². The zero-order valence-electron chi connectivity index (χ0n) is 14.0. The van der Waals surface area contributed by atoms with Crippen molar-refractivity contribution in [3.63, 3.8) is 0 Å². The number of rotatable bonds is 4. The highest BCUT2D eigenvalue weighted by Crippen LogP contribution is 2.33. The maximum atomic E-state index is 12.2. The molecule has 2 aliphatic heterocycles. The number of carbonyl (C=O) groups excluding carboxylic acids is 1. The lowest BCUT2D eigenvalue weighted by atomic mass is 9.92. The van der Waals surface area contributed by atoms with Gasteiger partial charge in [-0.15, -0.1) is 0 Å². The van der Waals surface area contributed by atoms with Gasteiger partial charge in [-0.2, -0.15) is 0 Å². The second-order valence-electron chi connectivity index (χ2n) is 6.38. The van der Waals surface area contributed by atoms with Crippen molar-refractivity contribution in [1.29, 1.82) is 0 Å². The Hall–Kier alpha value is -1.74. The summed E-state index contributed by atoms with van der Waals surface area (Å²) >= 11 is 0. The average molecular weight is 353 g/mol. The molecule has 8 nitrogen and oxygen atoms in total. The summed E-state index contributed by atoms with van der Waals surface area (Å²) in [5.41, 5.74) is 0.728. The van der Waals surface area contributed by atoms with Gasteiger partial charge < -0.3 is 10.2 Å². The molecule has 1 aromatic rings. The summed E-state index contributed by atoms with van der Waals surface area (Å²) in [7, 11) is -1.78. The maximum Gasteiger partial charge on any atom is 0.225 e. The third-order valence-electron chi connectivity index (χ3n) is 4.77. The lowest BCUT2D eigenvalue weighted by Gasteiger charge is -2.19. The van der Waals surface area contributed by atoms with Crippen molar-refractivity contribution >= 4 is 21.9 Å². The Bertz CT molecular complexity index is 718. The van der Waals surface area contributed by atoms with Gasteiger partial charge in [0.15, 0.2) is 0 Å². The van der Waals surface area contributed by atoms with Gasteiger partial charge in [0.05, 0.1) is 17.9 Å². The number of amides is 1. The molecule has 9 heteroatoms. The highest BCUT2D eigenvalue weighted by atomic mass is 32.2. The summed E-state index contributed by atoms with van der Waals surface area (Å²) in [6.45, 7) is 2.32. The van der Waals surface area contributed by atoms with Crippen molar-refractivity contribution < 1.29 is 13.2 Å². The van der Waals surface area contributed by atoms with Gasteiger partial charge >= 0.3 is 0 Å². The second kappa shape index (κ2) is 6.64. The number of aromatic nitrogens is 2. The highest BCUT2D eigenvalue weighted by molar-refractivity contribution is 7.88. The first-order valence-electron chi connectivity index (χ1n) is 8.15. The van der Waals surface area contributed by atoms with Crippen molar-refractivity contribution in [1.82, 2.24) is 19.6 Å². The normalized spacial score (nSPS) is 25.2. The minimum absolute atomic E-state index is 0.160. The third kappa shape index (κ3) is 3.36. The molecule has 2 aliphatic rings. The number of sulfonamides is 1. The Balaban J connectivity index is 1.90. The van der Waals surface area contributed by atoms with Crippen molar-refractivity contribution in [2.75, 3.05) is 44.4 Å². The van der Waals surface area contributed by atoms with E-state index in [2.05, 4.69) is 20.2 Å². The van der Waals surface area contributed by atoms with Gasteiger partial charge in [-0.3, -0.25) is 4.79 Å². The molecule has 24 heavy (non-hydrogen) atoms. The van der Waals surface area contributed by atoms with Gasteiger partial charge in [0.1, 0.15) is 0 Å². The molecule has 132 valence electrons. The van der Waals surface area contributed by atoms with Crippen LogP contribution in [0.3, 0.4) is 0 Å². The van der Waals surface area contributed by atoms with Crippen LogP contribution in [0.5, 0.6) is 0 Å². The Morgan fingerprint density at radius 1 is 1.29 bits per heavy atom. The van der Waals surface area contributed by atoms with E-state index in [-0.39, 0.29) is 24.9 Å². The standard InChI is InChI=1S/C15H23N5O3S/c1-16-14(21)12-10-20(24(2,22)23)9-11(12)13-5-6-17-15(18-13)19-7-3-4-8-19/h5-6,11-12H,3-4,7-10H2,1-2H3,(H,16,21)/t11-,12-/m1/s1. The fourth-order valence-electron chi connectivity index (χ4n) is 3.43. The van der Waals surface area contributed by atoms with Crippen LogP contribution in [0, 0.1) is 5.92 Å². The van der Waals surface area contributed by atoms with E-state index < -0.39 is 15.9 Å². The van der Waals surface area contributed by atoms with Crippen LogP contribution < -0.4 is 10.2 Å². The van der Waals surface area contributed by atoms with Crippen LogP contribution in [-0.2, 0) is 14.8 Å². The van der Waals surface area contributed by atoms with Crippen LogP contribution in [0.1, 0.15) is 24.5 Å². The minimum Gasteiger partial charge on any atom is -0.359 e. The van der Waals surface area contributed by atoms with Crippen LogP contribution >= 0.6 is 0 Å².